The van der Waals surface area contributed by atoms with Crippen LogP contribution in [0.1, 0.15) is 17.3 Å². The molecule has 0 unspecified atom stereocenters. The molecule has 0 spiro atoms. The van der Waals surface area contributed by atoms with E-state index in [0.29, 0.717) is 0 Å². The van der Waals surface area contributed by atoms with Crippen LogP contribution in [-0.2, 0) is 19.6 Å². The molecule has 124 valence electrons. The van der Waals surface area contributed by atoms with E-state index in [-0.39, 0.29) is 0 Å². The van der Waals surface area contributed by atoms with Crippen LogP contribution in [0.5, 0.6) is 5.75 Å². The Balaban J connectivity index is 1.52. The molecule has 3 aromatic rings. The lowest BCUT2D eigenvalue weighted by molar-refractivity contribution is 0.193. The van der Waals surface area contributed by atoms with Gasteiger partial charge in [-0.2, -0.15) is 0 Å². The van der Waals surface area contributed by atoms with E-state index in [4.69, 9.17) is 9.15 Å². The molecular weight excluding hydrogens is 304 g/mol. The molecule has 0 saturated heterocycles. The van der Waals surface area contributed by atoms with Gasteiger partial charge in [0, 0.05) is 18.7 Å². The lowest BCUT2D eigenvalue weighted by Crippen LogP contribution is -2.33. The Kier molecular flexibility index (Phi) is 3.82. The zero-order valence-electron chi connectivity index (χ0n) is 13.9. The quantitative estimate of drug-likeness (QED) is 0.738. The van der Waals surface area contributed by atoms with Crippen LogP contribution in [0, 0.1) is 6.92 Å². The minimum absolute atomic E-state index is 0.781. The second-order valence-electron chi connectivity index (χ2n) is 6.04. The smallest absolute Gasteiger partial charge is 0.164 e. The fraction of sp³-hybridized carbons (Fsp3) is 0.333. The van der Waals surface area contributed by atoms with E-state index >= 15 is 0 Å². The van der Waals surface area contributed by atoms with Gasteiger partial charge in [-0.3, -0.25) is 4.90 Å². The lowest BCUT2D eigenvalue weighted by atomic mass is 10.2. The molecule has 4 rings (SSSR count). The molecule has 1 aliphatic heterocycles. The highest BCUT2D eigenvalue weighted by molar-refractivity contribution is 5.56. The number of methoxy groups -OCH3 is 1. The van der Waals surface area contributed by atoms with Crippen LogP contribution in [0.25, 0.3) is 11.4 Å². The highest BCUT2D eigenvalue weighted by atomic mass is 16.5. The first-order chi connectivity index (χ1) is 11.7. The average Bonchev–Trinajstić information content (AvgIpc) is 3.21. The summed E-state index contributed by atoms with van der Waals surface area (Å²) in [5.74, 6) is 4.70. The predicted octanol–water partition coefficient (Wildman–Crippen LogP) is 2.87. The van der Waals surface area contributed by atoms with Crippen molar-refractivity contribution < 1.29 is 9.15 Å². The SMILES string of the molecule is COc1ccc(-c2nnc3n2CCN(Cc2ccc(C)o2)C3)cc1. The highest BCUT2D eigenvalue weighted by Crippen LogP contribution is 2.24. The van der Waals surface area contributed by atoms with E-state index in [1.54, 1.807) is 7.11 Å². The average molecular weight is 324 g/mol. The number of nitrogens with zero attached hydrogens (tertiary/aromatic N) is 4. The van der Waals surface area contributed by atoms with Gasteiger partial charge in [0.25, 0.3) is 0 Å². The monoisotopic (exact) mass is 324 g/mol. The fourth-order valence-electron chi connectivity index (χ4n) is 3.09. The van der Waals surface area contributed by atoms with Gasteiger partial charge in [0.05, 0.1) is 20.2 Å². The third-order valence-electron chi connectivity index (χ3n) is 4.36. The molecular formula is C18H20N4O2. The van der Waals surface area contributed by atoms with Crippen molar-refractivity contribution in [3.63, 3.8) is 0 Å². The zero-order valence-corrected chi connectivity index (χ0v) is 13.9. The van der Waals surface area contributed by atoms with Gasteiger partial charge in [0.2, 0.25) is 0 Å². The number of rotatable bonds is 4. The van der Waals surface area contributed by atoms with E-state index in [9.17, 15) is 0 Å². The summed E-state index contributed by atoms with van der Waals surface area (Å²) in [4.78, 5) is 2.33. The number of benzene rings is 1. The Morgan fingerprint density at radius 1 is 1.08 bits per heavy atom. The summed E-state index contributed by atoms with van der Waals surface area (Å²) in [5.41, 5.74) is 1.06. The Labute approximate surface area is 140 Å². The van der Waals surface area contributed by atoms with Crippen molar-refractivity contribution in [2.45, 2.75) is 26.6 Å². The molecule has 0 fully saturated rings. The number of aromatic nitrogens is 3. The maximum absolute atomic E-state index is 5.67. The van der Waals surface area contributed by atoms with E-state index in [1.165, 1.54) is 0 Å². The first-order valence-electron chi connectivity index (χ1n) is 8.07. The summed E-state index contributed by atoms with van der Waals surface area (Å²) in [6.45, 7) is 5.39. The van der Waals surface area contributed by atoms with Gasteiger partial charge >= 0.3 is 0 Å². The summed E-state index contributed by atoms with van der Waals surface area (Å²) in [6.07, 6.45) is 0. The van der Waals surface area contributed by atoms with Crippen molar-refractivity contribution >= 4 is 0 Å². The number of ether oxygens (including phenoxy) is 1. The van der Waals surface area contributed by atoms with Crippen LogP contribution in [-0.4, -0.2) is 33.3 Å². The Hall–Kier alpha value is -2.60. The molecule has 0 amide bonds. The van der Waals surface area contributed by atoms with Gasteiger partial charge in [-0.15, -0.1) is 10.2 Å². The van der Waals surface area contributed by atoms with Gasteiger partial charge in [-0.1, -0.05) is 0 Å². The molecule has 2 aromatic heterocycles. The van der Waals surface area contributed by atoms with Gasteiger partial charge in [0.15, 0.2) is 5.82 Å². The largest absolute Gasteiger partial charge is 0.497 e. The van der Waals surface area contributed by atoms with Gasteiger partial charge < -0.3 is 13.7 Å². The normalized spacial score (nSPS) is 14.6. The number of fused-ring (bicyclic) bond motifs is 1. The molecule has 0 saturated carbocycles. The lowest BCUT2D eigenvalue weighted by Gasteiger charge is -2.26. The first kappa shape index (κ1) is 15.0. The predicted molar refractivity (Wildman–Crippen MR) is 89.6 cm³/mol. The van der Waals surface area contributed by atoms with Crippen molar-refractivity contribution in [3.8, 4) is 17.1 Å². The van der Waals surface area contributed by atoms with E-state index < -0.39 is 0 Å². The second-order valence-corrected chi connectivity index (χ2v) is 6.04. The molecule has 24 heavy (non-hydrogen) atoms. The number of aryl methyl sites for hydroxylation is 1. The van der Waals surface area contributed by atoms with Crippen LogP contribution in [0.15, 0.2) is 40.8 Å². The van der Waals surface area contributed by atoms with E-state index in [1.807, 2.05) is 43.3 Å². The molecule has 0 radical (unpaired) electrons. The molecule has 0 aliphatic carbocycles. The maximum Gasteiger partial charge on any atom is 0.164 e. The fourth-order valence-corrected chi connectivity index (χ4v) is 3.09. The van der Waals surface area contributed by atoms with Crippen molar-refractivity contribution in [2.75, 3.05) is 13.7 Å². The summed E-state index contributed by atoms with van der Waals surface area (Å²) in [7, 11) is 1.67. The van der Waals surface area contributed by atoms with Crippen LogP contribution >= 0.6 is 0 Å². The Bertz CT molecular complexity index is 835. The Morgan fingerprint density at radius 3 is 2.62 bits per heavy atom. The standard InChI is InChI=1S/C18H20N4O2/c1-13-3-6-16(24-13)11-21-9-10-22-17(12-21)19-20-18(22)14-4-7-15(23-2)8-5-14/h3-8H,9-12H2,1-2H3. The summed E-state index contributed by atoms with van der Waals surface area (Å²) in [6, 6.07) is 12.0. The minimum atomic E-state index is 0.781. The topological polar surface area (TPSA) is 56.3 Å². The van der Waals surface area contributed by atoms with Crippen molar-refractivity contribution in [1.29, 1.82) is 0 Å². The van der Waals surface area contributed by atoms with Crippen molar-refractivity contribution in [1.82, 2.24) is 19.7 Å². The molecule has 6 nitrogen and oxygen atoms in total. The minimum Gasteiger partial charge on any atom is -0.497 e. The third kappa shape index (κ3) is 2.80. The number of furan rings is 1. The molecule has 3 heterocycles. The maximum atomic E-state index is 5.67. The highest BCUT2D eigenvalue weighted by Gasteiger charge is 2.22. The van der Waals surface area contributed by atoms with Gasteiger partial charge in [-0.25, -0.2) is 0 Å². The van der Waals surface area contributed by atoms with E-state index in [0.717, 1.165) is 60.7 Å². The summed E-state index contributed by atoms with van der Waals surface area (Å²) in [5, 5.41) is 8.77. The summed E-state index contributed by atoms with van der Waals surface area (Å²) < 4.78 is 13.1. The molecule has 1 aromatic carbocycles. The number of hydrogen-bond donors (Lipinski definition) is 0. The van der Waals surface area contributed by atoms with Crippen LogP contribution in [0.4, 0.5) is 0 Å². The third-order valence-corrected chi connectivity index (χ3v) is 4.36. The van der Waals surface area contributed by atoms with Crippen LogP contribution in [0.3, 0.4) is 0 Å². The van der Waals surface area contributed by atoms with Crippen LogP contribution < -0.4 is 4.74 Å². The number of hydrogen-bond acceptors (Lipinski definition) is 5. The van der Waals surface area contributed by atoms with Crippen molar-refractivity contribution in [3.05, 3.63) is 53.7 Å². The molecule has 0 N–H and O–H groups in total. The summed E-state index contributed by atoms with van der Waals surface area (Å²) >= 11 is 0. The van der Waals surface area contributed by atoms with Gasteiger partial charge in [-0.05, 0) is 43.3 Å². The second kappa shape index (κ2) is 6.13. The Morgan fingerprint density at radius 2 is 1.92 bits per heavy atom. The molecule has 0 bridgehead atoms. The zero-order chi connectivity index (χ0) is 16.5. The first-order valence-corrected chi connectivity index (χ1v) is 8.07. The van der Waals surface area contributed by atoms with Crippen LogP contribution in [0.2, 0.25) is 0 Å². The van der Waals surface area contributed by atoms with E-state index in [2.05, 4.69) is 19.7 Å². The molecule has 6 heteroatoms. The van der Waals surface area contributed by atoms with Crippen molar-refractivity contribution in [2.24, 2.45) is 0 Å². The van der Waals surface area contributed by atoms with Gasteiger partial charge in [0.1, 0.15) is 23.1 Å². The molecule has 0 atom stereocenters. The molecule has 1 aliphatic rings.